The van der Waals surface area contributed by atoms with Crippen LogP contribution in [0.3, 0.4) is 0 Å². The van der Waals surface area contributed by atoms with Crippen molar-refractivity contribution in [3.05, 3.63) is 119 Å². The number of fused-ring (bicyclic) bond motifs is 1. The highest BCUT2D eigenvalue weighted by atomic mass is 19.1. The van der Waals surface area contributed by atoms with Gasteiger partial charge in [-0.15, -0.1) is 0 Å². The van der Waals surface area contributed by atoms with Gasteiger partial charge in [0.15, 0.2) is 23.9 Å². The molecule has 5 rings (SSSR count). The van der Waals surface area contributed by atoms with E-state index in [1.165, 1.54) is 36.2 Å². The van der Waals surface area contributed by atoms with Gasteiger partial charge in [-0.3, -0.25) is 9.59 Å². The van der Waals surface area contributed by atoms with Crippen LogP contribution in [0.15, 0.2) is 107 Å². The molecule has 1 aromatic heterocycles. The Bertz CT molecular complexity index is 1740. The van der Waals surface area contributed by atoms with Crippen LogP contribution in [0.2, 0.25) is 0 Å². The van der Waals surface area contributed by atoms with E-state index < -0.39 is 11.7 Å². The van der Waals surface area contributed by atoms with Gasteiger partial charge in [-0.2, -0.15) is 9.78 Å². The average Bonchev–Trinajstić information content (AvgIpc) is 2.97. The lowest BCUT2D eigenvalue weighted by atomic mass is 10.2. The molecule has 0 saturated heterocycles. The first kappa shape index (κ1) is 25.3. The van der Waals surface area contributed by atoms with Gasteiger partial charge in [0, 0.05) is 5.56 Å². The first-order chi connectivity index (χ1) is 19.0. The zero-order chi connectivity index (χ0) is 27.2. The zero-order valence-electron chi connectivity index (χ0n) is 20.9. The maximum atomic E-state index is 13.8. The maximum Gasteiger partial charge on any atom is 0.282 e. The number of aromatic nitrogens is 2. The first-order valence-electron chi connectivity index (χ1n) is 12.0. The Morgan fingerprint density at radius 1 is 0.974 bits per heavy atom. The van der Waals surface area contributed by atoms with Crippen LogP contribution < -0.4 is 20.3 Å². The molecular weight excluding hydrogens is 499 g/mol. The number of rotatable bonds is 8. The highest BCUT2D eigenvalue weighted by molar-refractivity contribution is 5.92. The van der Waals surface area contributed by atoms with Crippen LogP contribution in [-0.4, -0.2) is 35.5 Å². The van der Waals surface area contributed by atoms with Gasteiger partial charge in [-0.1, -0.05) is 54.6 Å². The second-order valence-electron chi connectivity index (χ2n) is 8.41. The Morgan fingerprint density at radius 3 is 2.51 bits per heavy atom. The molecule has 1 heterocycles. The molecule has 5 aromatic rings. The topological polar surface area (TPSA) is 94.8 Å². The molecule has 0 saturated carbocycles. The minimum absolute atomic E-state index is 0.0675. The SMILES string of the molecule is COc1cc(C=Nn2c(-c3ccccc3)nc3ccccc3c2=O)ccc1OCC(=O)Nc1ccccc1F. The van der Waals surface area contributed by atoms with Crippen LogP contribution in [0.4, 0.5) is 10.1 Å². The van der Waals surface area contributed by atoms with Crippen molar-refractivity contribution in [3.8, 4) is 22.9 Å². The van der Waals surface area contributed by atoms with Crippen LogP contribution in [0, 0.1) is 5.82 Å². The van der Waals surface area contributed by atoms with Crippen LogP contribution >= 0.6 is 0 Å². The molecule has 4 aromatic carbocycles. The summed E-state index contributed by atoms with van der Waals surface area (Å²) in [7, 11) is 1.47. The molecule has 194 valence electrons. The van der Waals surface area contributed by atoms with Crippen molar-refractivity contribution in [2.75, 3.05) is 19.0 Å². The fraction of sp³-hybridized carbons (Fsp3) is 0.0667. The van der Waals surface area contributed by atoms with Crippen molar-refractivity contribution in [1.29, 1.82) is 0 Å². The number of halogens is 1. The average molecular weight is 523 g/mol. The van der Waals surface area contributed by atoms with Gasteiger partial charge in [0.05, 0.1) is 29.9 Å². The number of amides is 1. The minimum Gasteiger partial charge on any atom is -0.493 e. The van der Waals surface area contributed by atoms with Gasteiger partial charge >= 0.3 is 0 Å². The number of hydrogen-bond donors (Lipinski definition) is 1. The summed E-state index contributed by atoms with van der Waals surface area (Å²) in [5.74, 6) is 0.00807. The van der Waals surface area contributed by atoms with E-state index in [0.29, 0.717) is 33.8 Å². The Labute approximate surface area is 223 Å². The number of carbonyl (C=O) groups excluding carboxylic acids is 1. The molecule has 0 fully saturated rings. The molecule has 0 aliphatic carbocycles. The molecule has 0 spiro atoms. The summed E-state index contributed by atoms with van der Waals surface area (Å²) >= 11 is 0. The van der Waals surface area contributed by atoms with E-state index in [-0.39, 0.29) is 17.9 Å². The molecule has 1 N–H and O–H groups in total. The van der Waals surface area contributed by atoms with Gasteiger partial charge in [0.2, 0.25) is 0 Å². The second-order valence-corrected chi connectivity index (χ2v) is 8.41. The molecule has 0 bridgehead atoms. The molecule has 0 unspecified atom stereocenters. The van der Waals surface area contributed by atoms with E-state index in [9.17, 15) is 14.0 Å². The van der Waals surface area contributed by atoms with E-state index in [1.54, 1.807) is 42.5 Å². The fourth-order valence-corrected chi connectivity index (χ4v) is 3.91. The smallest absolute Gasteiger partial charge is 0.282 e. The minimum atomic E-state index is -0.539. The van der Waals surface area contributed by atoms with Crippen molar-refractivity contribution < 1.29 is 18.7 Å². The Kier molecular flexibility index (Phi) is 7.40. The fourth-order valence-electron chi connectivity index (χ4n) is 3.91. The molecule has 0 radical (unpaired) electrons. The third kappa shape index (κ3) is 5.67. The standard InChI is InChI=1S/C30H23FN4O4/c1-38-27-17-20(15-16-26(27)39-19-28(36)33-25-14-8-6-12-23(25)31)18-32-35-29(21-9-3-2-4-10-21)34-24-13-7-5-11-22(24)30(35)37/h2-18H,19H2,1H3,(H,33,36). The van der Waals surface area contributed by atoms with Gasteiger partial charge in [-0.25, -0.2) is 9.37 Å². The predicted octanol–water partition coefficient (Wildman–Crippen LogP) is 5.11. The van der Waals surface area contributed by atoms with Crippen LogP contribution in [0.1, 0.15) is 5.56 Å². The zero-order valence-corrected chi connectivity index (χ0v) is 20.9. The second kappa shape index (κ2) is 11.4. The quantitative estimate of drug-likeness (QED) is 0.286. The van der Waals surface area contributed by atoms with E-state index in [0.717, 1.165) is 5.56 Å². The molecule has 39 heavy (non-hydrogen) atoms. The van der Waals surface area contributed by atoms with Gasteiger partial charge in [0.25, 0.3) is 11.5 Å². The Hall–Kier alpha value is -5.31. The molecule has 0 atom stereocenters. The largest absolute Gasteiger partial charge is 0.493 e. The number of anilines is 1. The third-order valence-corrected chi connectivity index (χ3v) is 5.80. The highest BCUT2D eigenvalue weighted by Crippen LogP contribution is 2.28. The van der Waals surface area contributed by atoms with Crippen molar-refractivity contribution >= 4 is 28.7 Å². The van der Waals surface area contributed by atoms with E-state index in [2.05, 4.69) is 15.4 Å². The number of methoxy groups -OCH3 is 1. The summed E-state index contributed by atoms with van der Waals surface area (Å²) in [5, 5.41) is 7.37. The monoisotopic (exact) mass is 522 g/mol. The Morgan fingerprint density at radius 2 is 1.72 bits per heavy atom. The summed E-state index contributed by atoms with van der Waals surface area (Å²) in [6.45, 7) is -0.350. The van der Waals surface area contributed by atoms with Crippen molar-refractivity contribution in [2.45, 2.75) is 0 Å². The van der Waals surface area contributed by atoms with E-state index >= 15 is 0 Å². The summed E-state index contributed by atoms with van der Waals surface area (Å²) in [4.78, 5) is 30.2. The lowest BCUT2D eigenvalue weighted by Gasteiger charge is -2.12. The van der Waals surface area contributed by atoms with Gasteiger partial charge < -0.3 is 14.8 Å². The summed E-state index contributed by atoms with van der Waals surface area (Å²) in [6.07, 6.45) is 1.52. The van der Waals surface area contributed by atoms with Gasteiger partial charge in [0.1, 0.15) is 5.82 Å². The number of ether oxygens (including phenoxy) is 2. The van der Waals surface area contributed by atoms with Gasteiger partial charge in [-0.05, 0) is 48.0 Å². The number of benzene rings is 4. The molecule has 0 aliphatic heterocycles. The van der Waals surface area contributed by atoms with E-state index in [1.807, 2.05) is 36.4 Å². The summed E-state index contributed by atoms with van der Waals surface area (Å²) in [6, 6.07) is 27.3. The van der Waals surface area contributed by atoms with Crippen LogP contribution in [-0.2, 0) is 4.79 Å². The molecular formula is C30H23FN4O4. The first-order valence-corrected chi connectivity index (χ1v) is 12.0. The molecule has 0 aliphatic rings. The molecule has 9 heteroatoms. The van der Waals surface area contributed by atoms with E-state index in [4.69, 9.17) is 9.47 Å². The maximum absolute atomic E-state index is 13.8. The normalized spacial score (nSPS) is 11.0. The molecule has 8 nitrogen and oxygen atoms in total. The van der Waals surface area contributed by atoms with Crippen molar-refractivity contribution in [2.24, 2.45) is 5.10 Å². The lowest BCUT2D eigenvalue weighted by molar-refractivity contribution is -0.118. The van der Waals surface area contributed by atoms with Crippen LogP contribution in [0.5, 0.6) is 11.5 Å². The highest BCUT2D eigenvalue weighted by Gasteiger charge is 2.13. The predicted molar refractivity (Wildman–Crippen MR) is 148 cm³/mol. The lowest BCUT2D eigenvalue weighted by Crippen LogP contribution is -2.21. The number of carbonyl (C=O) groups is 1. The molecule has 1 amide bonds. The number of hydrogen-bond acceptors (Lipinski definition) is 6. The van der Waals surface area contributed by atoms with Crippen molar-refractivity contribution in [1.82, 2.24) is 9.66 Å². The summed E-state index contributed by atoms with van der Waals surface area (Å²) < 4.78 is 26.1. The Balaban J connectivity index is 1.39. The number of nitrogens with zero attached hydrogens (tertiary/aromatic N) is 3. The summed E-state index contributed by atoms with van der Waals surface area (Å²) in [5.41, 5.74) is 1.71. The van der Waals surface area contributed by atoms with Crippen molar-refractivity contribution in [3.63, 3.8) is 0 Å². The number of para-hydroxylation sites is 2. The number of nitrogens with one attached hydrogen (secondary N) is 1. The third-order valence-electron chi connectivity index (χ3n) is 5.80. The van der Waals surface area contributed by atoms with Crippen LogP contribution in [0.25, 0.3) is 22.3 Å².